The van der Waals surface area contributed by atoms with Gasteiger partial charge in [0, 0.05) is 30.0 Å². The summed E-state index contributed by atoms with van der Waals surface area (Å²) in [4.78, 5) is 35.7. The molecule has 1 fully saturated rings. The summed E-state index contributed by atoms with van der Waals surface area (Å²) in [5.74, 6) is 1.89. The first-order chi connectivity index (χ1) is 16.1. The molecule has 0 aliphatic heterocycles. The Morgan fingerprint density at radius 2 is 2.06 bits per heavy atom. The third-order valence-electron chi connectivity index (χ3n) is 5.48. The van der Waals surface area contributed by atoms with E-state index in [2.05, 4.69) is 41.4 Å². The van der Waals surface area contributed by atoms with Crippen LogP contribution in [0.25, 0.3) is 0 Å². The fourth-order valence-electron chi connectivity index (χ4n) is 3.63. The van der Waals surface area contributed by atoms with Crippen molar-refractivity contribution in [2.24, 2.45) is 5.92 Å². The highest BCUT2D eigenvalue weighted by atomic mass is 32.2. The Labute approximate surface area is 210 Å². The first-order valence-corrected chi connectivity index (χ1v) is 13.4. The molecule has 186 valence electrons. The molecule has 2 amide bonds. The van der Waals surface area contributed by atoms with E-state index in [9.17, 15) is 9.59 Å². The number of thioether (sulfide) groups is 1. The second-order valence-corrected chi connectivity index (χ2v) is 12.2. The molecule has 0 radical (unpaired) electrons. The van der Waals surface area contributed by atoms with Crippen LogP contribution in [0, 0.1) is 5.92 Å². The SMILES string of the molecule is CN(C)CC=CC(=O)NC1CCCC(C(=O)Nc2ncc(SCc3ncc(C(C)(C)C)o3)s2)C1. The van der Waals surface area contributed by atoms with Gasteiger partial charge in [-0.15, -0.1) is 11.8 Å². The van der Waals surface area contributed by atoms with Crippen molar-refractivity contribution in [1.82, 2.24) is 20.2 Å². The van der Waals surface area contributed by atoms with Crippen LogP contribution < -0.4 is 10.6 Å². The van der Waals surface area contributed by atoms with Gasteiger partial charge in [-0.25, -0.2) is 9.97 Å². The molecule has 0 aromatic carbocycles. The molecule has 2 atom stereocenters. The lowest BCUT2D eigenvalue weighted by molar-refractivity contribution is -0.122. The normalized spacial score (nSPS) is 19.0. The zero-order valence-electron chi connectivity index (χ0n) is 20.6. The van der Waals surface area contributed by atoms with E-state index in [1.807, 2.05) is 25.1 Å². The molecule has 2 N–H and O–H groups in total. The van der Waals surface area contributed by atoms with Gasteiger partial charge in [-0.05, 0) is 33.4 Å². The fraction of sp³-hybridized carbons (Fsp3) is 0.583. The Kier molecular flexibility index (Phi) is 9.32. The Balaban J connectivity index is 1.46. The molecule has 1 aliphatic carbocycles. The highest BCUT2D eigenvalue weighted by Gasteiger charge is 2.28. The van der Waals surface area contributed by atoms with E-state index in [0.717, 1.165) is 29.2 Å². The Hall–Kier alpha value is -2.17. The van der Waals surface area contributed by atoms with E-state index in [-0.39, 0.29) is 29.2 Å². The van der Waals surface area contributed by atoms with E-state index < -0.39 is 0 Å². The van der Waals surface area contributed by atoms with Gasteiger partial charge in [-0.2, -0.15) is 0 Å². The van der Waals surface area contributed by atoms with Gasteiger partial charge in [-0.1, -0.05) is 44.6 Å². The van der Waals surface area contributed by atoms with Gasteiger partial charge < -0.3 is 20.0 Å². The van der Waals surface area contributed by atoms with Crippen molar-refractivity contribution in [3.05, 3.63) is 36.2 Å². The number of carbonyl (C=O) groups excluding carboxylic acids is 2. The van der Waals surface area contributed by atoms with Gasteiger partial charge in [0.25, 0.3) is 0 Å². The fourth-order valence-corrected chi connectivity index (χ4v) is 5.36. The highest BCUT2D eigenvalue weighted by molar-refractivity contribution is 8.00. The number of anilines is 1. The maximum Gasteiger partial charge on any atom is 0.243 e. The minimum Gasteiger partial charge on any atom is -0.444 e. The van der Waals surface area contributed by atoms with E-state index in [1.165, 1.54) is 11.3 Å². The third kappa shape index (κ3) is 8.25. The number of nitrogens with zero attached hydrogens (tertiary/aromatic N) is 3. The number of oxazole rings is 1. The van der Waals surface area contributed by atoms with Crippen LogP contribution in [0.2, 0.25) is 0 Å². The van der Waals surface area contributed by atoms with Crippen molar-refractivity contribution < 1.29 is 14.0 Å². The summed E-state index contributed by atoms with van der Waals surface area (Å²) in [5, 5.41) is 6.58. The predicted molar refractivity (Wildman–Crippen MR) is 137 cm³/mol. The highest BCUT2D eigenvalue weighted by Crippen LogP contribution is 2.33. The lowest BCUT2D eigenvalue weighted by Gasteiger charge is -2.28. The molecule has 3 rings (SSSR count). The number of amides is 2. The monoisotopic (exact) mass is 505 g/mol. The maximum atomic E-state index is 12.8. The van der Waals surface area contributed by atoms with Crippen LogP contribution in [0.5, 0.6) is 0 Å². The van der Waals surface area contributed by atoms with Crippen molar-refractivity contribution in [1.29, 1.82) is 0 Å². The number of hydrogen-bond acceptors (Lipinski definition) is 8. The summed E-state index contributed by atoms with van der Waals surface area (Å²) in [6.45, 7) is 6.99. The molecular formula is C24H35N5O3S2. The van der Waals surface area contributed by atoms with Crippen LogP contribution in [-0.4, -0.2) is 53.4 Å². The average molecular weight is 506 g/mol. The van der Waals surface area contributed by atoms with Crippen molar-refractivity contribution in [3.63, 3.8) is 0 Å². The van der Waals surface area contributed by atoms with Crippen LogP contribution in [-0.2, 0) is 20.8 Å². The van der Waals surface area contributed by atoms with Crippen LogP contribution in [0.1, 0.15) is 58.1 Å². The van der Waals surface area contributed by atoms with Crippen molar-refractivity contribution in [3.8, 4) is 0 Å². The first-order valence-electron chi connectivity index (χ1n) is 11.6. The minimum atomic E-state index is -0.132. The smallest absolute Gasteiger partial charge is 0.243 e. The number of hydrogen-bond donors (Lipinski definition) is 2. The molecule has 0 spiro atoms. The number of carbonyl (C=O) groups is 2. The predicted octanol–water partition coefficient (Wildman–Crippen LogP) is 4.45. The quantitative estimate of drug-likeness (QED) is 0.383. The molecule has 2 unspecified atom stereocenters. The number of nitrogens with one attached hydrogen (secondary N) is 2. The molecule has 2 aromatic heterocycles. The first kappa shape index (κ1) is 26.4. The van der Waals surface area contributed by atoms with E-state index >= 15 is 0 Å². The van der Waals surface area contributed by atoms with Gasteiger partial charge in [0.15, 0.2) is 5.13 Å². The van der Waals surface area contributed by atoms with Gasteiger partial charge in [-0.3, -0.25) is 9.59 Å². The molecule has 8 nitrogen and oxygen atoms in total. The molecule has 10 heteroatoms. The van der Waals surface area contributed by atoms with Gasteiger partial charge in [0.2, 0.25) is 17.7 Å². The topological polar surface area (TPSA) is 100 Å². The second-order valence-electron chi connectivity index (χ2n) is 9.86. The number of aromatic nitrogens is 2. The van der Waals surface area contributed by atoms with E-state index in [4.69, 9.17) is 4.42 Å². The largest absolute Gasteiger partial charge is 0.444 e. The third-order valence-corrected chi connectivity index (χ3v) is 7.57. The van der Waals surface area contributed by atoms with Crippen LogP contribution in [0.15, 0.2) is 33.2 Å². The number of likely N-dealkylation sites (N-methyl/N-ethyl adjacent to an activating group) is 1. The zero-order chi connectivity index (χ0) is 24.7. The Morgan fingerprint density at radius 1 is 1.26 bits per heavy atom. The van der Waals surface area contributed by atoms with E-state index in [0.29, 0.717) is 29.7 Å². The van der Waals surface area contributed by atoms with Crippen LogP contribution >= 0.6 is 23.1 Å². The van der Waals surface area contributed by atoms with E-state index in [1.54, 1.807) is 30.2 Å². The average Bonchev–Trinajstić information content (AvgIpc) is 3.41. The van der Waals surface area contributed by atoms with Crippen LogP contribution in [0.3, 0.4) is 0 Å². The standard InChI is InChI=1S/C24H35N5O3S2/c1-24(2,3)18-13-25-20(32-18)15-33-21-14-26-23(34-21)28-22(31)16-8-6-9-17(12-16)27-19(30)10-7-11-29(4)5/h7,10,13-14,16-17H,6,8-9,11-12,15H2,1-5H3,(H,27,30)(H,26,28,31). The molecule has 0 saturated heterocycles. The molecule has 34 heavy (non-hydrogen) atoms. The van der Waals surface area contributed by atoms with Gasteiger partial charge in [0.1, 0.15) is 5.76 Å². The Bertz CT molecular complexity index is 993. The lowest BCUT2D eigenvalue weighted by Crippen LogP contribution is -2.40. The molecule has 0 bridgehead atoms. The maximum absolute atomic E-state index is 12.8. The molecule has 1 saturated carbocycles. The van der Waals surface area contributed by atoms with Crippen molar-refractivity contribution >= 4 is 40.0 Å². The lowest BCUT2D eigenvalue weighted by atomic mass is 9.85. The number of rotatable bonds is 9. The molecule has 1 aliphatic rings. The molecular weight excluding hydrogens is 470 g/mol. The summed E-state index contributed by atoms with van der Waals surface area (Å²) >= 11 is 3.04. The summed E-state index contributed by atoms with van der Waals surface area (Å²) in [6.07, 6.45) is 10.2. The Morgan fingerprint density at radius 3 is 2.76 bits per heavy atom. The second kappa shape index (κ2) is 12.0. The summed E-state index contributed by atoms with van der Waals surface area (Å²) in [7, 11) is 3.91. The summed E-state index contributed by atoms with van der Waals surface area (Å²) in [6, 6.07) is 0.0159. The number of thiazole rings is 1. The minimum absolute atomic E-state index is 0.0159. The molecule has 2 heterocycles. The zero-order valence-corrected chi connectivity index (χ0v) is 22.2. The van der Waals surface area contributed by atoms with Gasteiger partial charge in [0.05, 0.1) is 22.4 Å². The van der Waals surface area contributed by atoms with Crippen molar-refractivity contribution in [2.45, 2.75) is 67.9 Å². The molecule has 2 aromatic rings. The summed E-state index contributed by atoms with van der Waals surface area (Å²) < 4.78 is 6.83. The van der Waals surface area contributed by atoms with Crippen LogP contribution in [0.4, 0.5) is 5.13 Å². The van der Waals surface area contributed by atoms with Gasteiger partial charge >= 0.3 is 0 Å². The van der Waals surface area contributed by atoms with Crippen molar-refractivity contribution in [2.75, 3.05) is 26.0 Å². The summed E-state index contributed by atoms with van der Waals surface area (Å²) in [5.41, 5.74) is -0.0679.